The number of anilines is 1. The van der Waals surface area contributed by atoms with Gasteiger partial charge >= 0.3 is 0 Å². The molecule has 0 aliphatic heterocycles. The van der Waals surface area contributed by atoms with Crippen LogP contribution in [0.1, 0.15) is 11.1 Å². The van der Waals surface area contributed by atoms with E-state index in [0.717, 1.165) is 0 Å². The summed E-state index contributed by atoms with van der Waals surface area (Å²) in [6.07, 6.45) is 0.508. The van der Waals surface area contributed by atoms with Crippen LogP contribution in [0.5, 0.6) is 0 Å². The van der Waals surface area contributed by atoms with E-state index in [-0.39, 0.29) is 0 Å². The van der Waals surface area contributed by atoms with Crippen molar-refractivity contribution in [1.29, 1.82) is 5.26 Å². The molecule has 3 nitrogen and oxygen atoms in total. The van der Waals surface area contributed by atoms with Crippen LogP contribution in [0.3, 0.4) is 0 Å². The third-order valence-corrected chi connectivity index (χ3v) is 1.45. The molecule has 0 spiro atoms. The molecule has 0 radical (unpaired) electrons. The Hall–Kier alpha value is -2.26. The standard InChI is InChI=1S/C10H6N2O/c11-7-9-4-3-8(2-1-5-13)6-10(9)12/h3-6H,12H2. The summed E-state index contributed by atoms with van der Waals surface area (Å²) in [5.74, 6) is 4.84. The Labute approximate surface area is 75.8 Å². The molecule has 3 heteroatoms. The highest BCUT2D eigenvalue weighted by atomic mass is 16.1. The van der Waals surface area contributed by atoms with E-state index in [1.807, 2.05) is 6.07 Å². The number of carbonyl (C=O) groups is 1. The summed E-state index contributed by atoms with van der Waals surface area (Å²) in [4.78, 5) is 9.93. The number of carbonyl (C=O) groups excluding carboxylic acids is 1. The lowest BCUT2D eigenvalue weighted by Gasteiger charge is -1.96. The number of rotatable bonds is 0. The van der Waals surface area contributed by atoms with Gasteiger partial charge in [-0.3, -0.25) is 4.79 Å². The van der Waals surface area contributed by atoms with Crippen molar-refractivity contribution in [2.75, 3.05) is 5.73 Å². The summed E-state index contributed by atoms with van der Waals surface area (Å²) in [7, 11) is 0. The third-order valence-electron chi connectivity index (χ3n) is 1.45. The van der Waals surface area contributed by atoms with Crippen LogP contribution < -0.4 is 5.73 Å². The van der Waals surface area contributed by atoms with Gasteiger partial charge in [-0.25, -0.2) is 0 Å². The summed E-state index contributed by atoms with van der Waals surface area (Å²) in [6, 6.07) is 6.72. The molecule has 0 saturated heterocycles. The van der Waals surface area contributed by atoms with E-state index in [1.54, 1.807) is 18.2 Å². The summed E-state index contributed by atoms with van der Waals surface area (Å²) >= 11 is 0. The SMILES string of the molecule is N#Cc1ccc(C#CC=O)cc1N. The van der Waals surface area contributed by atoms with Gasteiger partial charge in [-0.1, -0.05) is 5.92 Å². The number of nitriles is 1. The number of hydrogen-bond acceptors (Lipinski definition) is 3. The highest BCUT2D eigenvalue weighted by Crippen LogP contribution is 2.11. The Morgan fingerprint density at radius 3 is 2.77 bits per heavy atom. The van der Waals surface area contributed by atoms with Crippen LogP contribution in [0.25, 0.3) is 0 Å². The van der Waals surface area contributed by atoms with Gasteiger partial charge in [-0.2, -0.15) is 5.26 Å². The van der Waals surface area contributed by atoms with Crippen molar-refractivity contribution in [3.8, 4) is 17.9 Å². The quantitative estimate of drug-likeness (QED) is 0.354. The molecule has 0 heterocycles. The predicted octanol–water partition coefficient (Wildman–Crippen LogP) is 0.691. The first-order chi connectivity index (χ1) is 6.27. The minimum absolute atomic E-state index is 0.375. The lowest BCUT2D eigenvalue weighted by atomic mass is 10.1. The molecule has 0 unspecified atom stereocenters. The smallest absolute Gasteiger partial charge is 0.193 e. The molecule has 0 atom stereocenters. The number of nitrogens with zero attached hydrogens (tertiary/aromatic N) is 1. The van der Waals surface area contributed by atoms with Crippen LogP contribution in [0.15, 0.2) is 18.2 Å². The monoisotopic (exact) mass is 170 g/mol. The average molecular weight is 170 g/mol. The summed E-state index contributed by atoms with van der Waals surface area (Å²) in [5.41, 5.74) is 6.94. The second-order valence-corrected chi connectivity index (χ2v) is 2.30. The highest BCUT2D eigenvalue weighted by Gasteiger charge is 1.96. The van der Waals surface area contributed by atoms with Crippen LogP contribution in [0.4, 0.5) is 5.69 Å². The molecule has 62 valence electrons. The van der Waals surface area contributed by atoms with Gasteiger partial charge in [-0.15, -0.1) is 0 Å². The van der Waals surface area contributed by atoms with E-state index in [1.165, 1.54) is 0 Å². The van der Waals surface area contributed by atoms with E-state index in [0.29, 0.717) is 23.1 Å². The molecule has 13 heavy (non-hydrogen) atoms. The molecule has 0 fully saturated rings. The van der Waals surface area contributed by atoms with Crippen LogP contribution in [0, 0.1) is 23.2 Å². The molecule has 1 aromatic carbocycles. The largest absolute Gasteiger partial charge is 0.398 e. The van der Waals surface area contributed by atoms with Gasteiger partial charge in [0.15, 0.2) is 6.29 Å². The highest BCUT2D eigenvalue weighted by molar-refractivity contribution is 5.74. The number of aldehydes is 1. The Balaban J connectivity index is 3.11. The first kappa shape index (κ1) is 8.83. The maximum Gasteiger partial charge on any atom is 0.193 e. The van der Waals surface area contributed by atoms with Gasteiger partial charge in [0.1, 0.15) is 6.07 Å². The molecule has 2 N–H and O–H groups in total. The van der Waals surface area contributed by atoms with Crippen LogP contribution in [-0.4, -0.2) is 6.29 Å². The van der Waals surface area contributed by atoms with E-state index in [9.17, 15) is 4.79 Å². The van der Waals surface area contributed by atoms with Gasteiger partial charge in [-0.05, 0) is 24.1 Å². The van der Waals surface area contributed by atoms with Crippen molar-refractivity contribution in [1.82, 2.24) is 0 Å². The predicted molar refractivity (Wildman–Crippen MR) is 48.5 cm³/mol. The number of benzene rings is 1. The zero-order valence-electron chi connectivity index (χ0n) is 6.74. The second kappa shape index (κ2) is 3.94. The van der Waals surface area contributed by atoms with Crippen molar-refractivity contribution in [3.63, 3.8) is 0 Å². The number of nitrogen functional groups attached to an aromatic ring is 1. The first-order valence-corrected chi connectivity index (χ1v) is 3.52. The summed E-state index contributed by atoms with van der Waals surface area (Å²) in [6.45, 7) is 0. The van der Waals surface area contributed by atoms with Gasteiger partial charge in [0.2, 0.25) is 0 Å². The zero-order chi connectivity index (χ0) is 9.68. The van der Waals surface area contributed by atoms with E-state index < -0.39 is 0 Å². The first-order valence-electron chi connectivity index (χ1n) is 3.52. The molecule has 1 aromatic rings. The molecule has 1 rings (SSSR count). The van der Waals surface area contributed by atoms with Crippen molar-refractivity contribution < 1.29 is 4.79 Å². The van der Waals surface area contributed by atoms with Crippen molar-refractivity contribution in [2.45, 2.75) is 0 Å². The molecular weight excluding hydrogens is 164 g/mol. The van der Waals surface area contributed by atoms with Gasteiger partial charge in [0.25, 0.3) is 0 Å². The fraction of sp³-hybridized carbons (Fsp3) is 0. The third kappa shape index (κ3) is 2.08. The van der Waals surface area contributed by atoms with E-state index >= 15 is 0 Å². The minimum atomic E-state index is 0.375. The van der Waals surface area contributed by atoms with Gasteiger partial charge < -0.3 is 5.73 Å². The molecule has 0 bridgehead atoms. The normalized spacial score (nSPS) is 7.92. The lowest BCUT2D eigenvalue weighted by molar-refractivity contribution is -0.103. The molecule has 0 amide bonds. The molecule has 0 saturated carbocycles. The van der Waals surface area contributed by atoms with Crippen molar-refractivity contribution >= 4 is 12.0 Å². The Morgan fingerprint density at radius 2 is 2.23 bits per heavy atom. The summed E-state index contributed by atoms with van der Waals surface area (Å²) < 4.78 is 0. The Kier molecular flexibility index (Phi) is 2.68. The van der Waals surface area contributed by atoms with E-state index in [2.05, 4.69) is 11.8 Å². The minimum Gasteiger partial charge on any atom is -0.398 e. The molecular formula is C10H6N2O. The number of nitrogens with two attached hydrogens (primary N) is 1. The van der Waals surface area contributed by atoms with Gasteiger partial charge in [0.05, 0.1) is 11.3 Å². The van der Waals surface area contributed by atoms with E-state index in [4.69, 9.17) is 11.0 Å². The number of hydrogen-bond donors (Lipinski definition) is 1. The van der Waals surface area contributed by atoms with Crippen LogP contribution in [-0.2, 0) is 4.79 Å². The molecule has 0 aliphatic carbocycles. The second-order valence-electron chi connectivity index (χ2n) is 2.30. The van der Waals surface area contributed by atoms with Crippen LogP contribution in [0.2, 0.25) is 0 Å². The summed E-state index contributed by atoms with van der Waals surface area (Å²) in [5, 5.41) is 8.56. The maximum absolute atomic E-state index is 9.93. The fourth-order valence-corrected chi connectivity index (χ4v) is 0.855. The topological polar surface area (TPSA) is 66.9 Å². The van der Waals surface area contributed by atoms with Gasteiger partial charge in [0, 0.05) is 5.56 Å². The zero-order valence-corrected chi connectivity index (χ0v) is 6.74. The molecule has 0 aromatic heterocycles. The van der Waals surface area contributed by atoms with Crippen LogP contribution >= 0.6 is 0 Å². The van der Waals surface area contributed by atoms with Crippen molar-refractivity contribution in [2.24, 2.45) is 0 Å². The average Bonchev–Trinajstić information content (AvgIpc) is 2.15. The Morgan fingerprint density at radius 1 is 1.46 bits per heavy atom. The lowest BCUT2D eigenvalue weighted by Crippen LogP contribution is -1.90. The Bertz CT molecular complexity index is 432. The fourth-order valence-electron chi connectivity index (χ4n) is 0.855. The maximum atomic E-state index is 9.93. The van der Waals surface area contributed by atoms with Crippen molar-refractivity contribution in [3.05, 3.63) is 29.3 Å². The molecule has 0 aliphatic rings.